The van der Waals surface area contributed by atoms with Gasteiger partial charge in [-0.3, -0.25) is 9.78 Å². The molecule has 22 heavy (non-hydrogen) atoms. The minimum absolute atomic E-state index is 0. The number of amides is 1. The van der Waals surface area contributed by atoms with Gasteiger partial charge in [0.25, 0.3) is 5.91 Å². The van der Waals surface area contributed by atoms with Gasteiger partial charge in [0.15, 0.2) is 0 Å². The molecule has 4 nitrogen and oxygen atoms in total. The number of nitrogens with two attached hydrogens (primary N) is 1. The lowest BCUT2D eigenvalue weighted by molar-refractivity contribution is 0.0931. The van der Waals surface area contributed by atoms with Crippen LogP contribution < -0.4 is 11.1 Å². The molecule has 1 aliphatic rings. The number of pyridine rings is 1. The standard InChI is InChI=1S/C17H19N3O.ClH/c18-11-15-10-14(8-9-19-15)17(21)20-16(13-6-7-13)12-4-2-1-3-5-12;/h1-5,8-10,13,16H,6-7,11,18H2,(H,20,21);1H. The van der Waals surface area contributed by atoms with Crippen LogP contribution in [0.4, 0.5) is 0 Å². The molecule has 116 valence electrons. The van der Waals surface area contributed by atoms with Gasteiger partial charge in [-0.2, -0.15) is 0 Å². The van der Waals surface area contributed by atoms with Crippen molar-refractivity contribution in [3.63, 3.8) is 0 Å². The van der Waals surface area contributed by atoms with Crippen molar-refractivity contribution in [2.45, 2.75) is 25.4 Å². The molecule has 1 saturated carbocycles. The highest BCUT2D eigenvalue weighted by atomic mass is 35.5. The first-order valence-corrected chi connectivity index (χ1v) is 7.28. The SMILES string of the molecule is Cl.NCc1cc(C(=O)NC(c2ccccc2)C2CC2)ccn1. The van der Waals surface area contributed by atoms with Gasteiger partial charge in [-0.25, -0.2) is 0 Å². The molecule has 1 amide bonds. The Balaban J connectivity index is 0.00000176. The van der Waals surface area contributed by atoms with Crippen LogP contribution in [0, 0.1) is 5.92 Å². The van der Waals surface area contributed by atoms with E-state index in [0.29, 0.717) is 18.0 Å². The number of carbonyl (C=O) groups excluding carboxylic acids is 1. The van der Waals surface area contributed by atoms with E-state index in [0.717, 1.165) is 5.69 Å². The first-order valence-electron chi connectivity index (χ1n) is 7.28. The minimum atomic E-state index is -0.0622. The Morgan fingerprint density at radius 3 is 2.64 bits per heavy atom. The summed E-state index contributed by atoms with van der Waals surface area (Å²) in [4.78, 5) is 16.6. The van der Waals surface area contributed by atoms with Crippen LogP contribution >= 0.6 is 12.4 Å². The minimum Gasteiger partial charge on any atom is -0.345 e. The number of rotatable bonds is 5. The first-order chi connectivity index (χ1) is 10.3. The number of carbonyl (C=O) groups is 1. The molecule has 0 bridgehead atoms. The molecule has 0 aliphatic heterocycles. The summed E-state index contributed by atoms with van der Waals surface area (Å²) in [6.07, 6.45) is 3.97. The van der Waals surface area contributed by atoms with Crippen molar-refractivity contribution in [3.8, 4) is 0 Å². The fraction of sp³-hybridized carbons (Fsp3) is 0.294. The highest BCUT2D eigenvalue weighted by Crippen LogP contribution is 2.41. The third-order valence-electron chi connectivity index (χ3n) is 3.83. The lowest BCUT2D eigenvalue weighted by atomic mass is 10.0. The molecule has 1 heterocycles. The van der Waals surface area contributed by atoms with Gasteiger partial charge in [0.05, 0.1) is 11.7 Å². The van der Waals surface area contributed by atoms with Gasteiger partial charge in [-0.15, -0.1) is 12.4 Å². The molecule has 1 atom stereocenters. The average molecular weight is 318 g/mol. The number of nitrogens with one attached hydrogen (secondary N) is 1. The Kier molecular flexibility index (Phi) is 5.52. The summed E-state index contributed by atoms with van der Waals surface area (Å²) >= 11 is 0. The predicted molar refractivity (Wildman–Crippen MR) is 88.7 cm³/mol. The van der Waals surface area contributed by atoms with E-state index in [1.807, 2.05) is 18.2 Å². The van der Waals surface area contributed by atoms with Crippen LogP contribution in [-0.4, -0.2) is 10.9 Å². The number of benzene rings is 1. The largest absolute Gasteiger partial charge is 0.345 e. The fourth-order valence-corrected chi connectivity index (χ4v) is 2.52. The molecule has 0 saturated heterocycles. The molecule has 1 fully saturated rings. The molecule has 0 spiro atoms. The van der Waals surface area contributed by atoms with Gasteiger partial charge in [0, 0.05) is 18.3 Å². The molecule has 1 aromatic heterocycles. The Morgan fingerprint density at radius 1 is 1.27 bits per heavy atom. The number of hydrogen-bond acceptors (Lipinski definition) is 3. The number of aromatic nitrogens is 1. The second kappa shape index (κ2) is 7.38. The van der Waals surface area contributed by atoms with Crippen LogP contribution in [0.15, 0.2) is 48.7 Å². The van der Waals surface area contributed by atoms with Crippen molar-refractivity contribution in [2.75, 3.05) is 0 Å². The summed E-state index contributed by atoms with van der Waals surface area (Å²) in [5.41, 5.74) is 8.09. The molecule has 0 radical (unpaired) electrons. The van der Waals surface area contributed by atoms with E-state index in [-0.39, 0.29) is 24.4 Å². The van der Waals surface area contributed by atoms with Crippen LogP contribution in [0.2, 0.25) is 0 Å². The van der Waals surface area contributed by atoms with E-state index in [1.54, 1.807) is 18.3 Å². The Bertz CT molecular complexity index is 629. The third-order valence-corrected chi connectivity index (χ3v) is 3.83. The molecular weight excluding hydrogens is 298 g/mol. The van der Waals surface area contributed by atoms with Crippen LogP contribution in [-0.2, 0) is 6.54 Å². The molecule has 2 aromatic rings. The molecular formula is C17H20ClN3O. The number of hydrogen-bond donors (Lipinski definition) is 2. The van der Waals surface area contributed by atoms with Gasteiger partial charge in [0.1, 0.15) is 0 Å². The zero-order chi connectivity index (χ0) is 14.7. The summed E-state index contributed by atoms with van der Waals surface area (Å²) in [6.45, 7) is 0.339. The third kappa shape index (κ3) is 3.84. The van der Waals surface area contributed by atoms with Gasteiger partial charge < -0.3 is 11.1 Å². The lowest BCUT2D eigenvalue weighted by Gasteiger charge is -2.19. The van der Waals surface area contributed by atoms with Crippen molar-refractivity contribution in [3.05, 3.63) is 65.5 Å². The van der Waals surface area contributed by atoms with E-state index in [2.05, 4.69) is 22.4 Å². The number of nitrogens with zero attached hydrogens (tertiary/aromatic N) is 1. The van der Waals surface area contributed by atoms with E-state index >= 15 is 0 Å². The monoisotopic (exact) mass is 317 g/mol. The lowest BCUT2D eigenvalue weighted by Crippen LogP contribution is -2.30. The van der Waals surface area contributed by atoms with Crippen LogP contribution in [0.5, 0.6) is 0 Å². The highest BCUT2D eigenvalue weighted by Gasteiger charge is 2.33. The maximum Gasteiger partial charge on any atom is 0.251 e. The highest BCUT2D eigenvalue weighted by molar-refractivity contribution is 5.94. The molecule has 5 heteroatoms. The normalized spacial score (nSPS) is 14.8. The Hall–Kier alpha value is -1.91. The maximum absolute atomic E-state index is 12.4. The second-order valence-electron chi connectivity index (χ2n) is 5.44. The van der Waals surface area contributed by atoms with Crippen molar-refractivity contribution < 1.29 is 4.79 Å². The van der Waals surface area contributed by atoms with Gasteiger partial charge in [0.2, 0.25) is 0 Å². The number of halogens is 1. The van der Waals surface area contributed by atoms with Crippen molar-refractivity contribution in [1.29, 1.82) is 0 Å². The van der Waals surface area contributed by atoms with E-state index in [4.69, 9.17) is 5.73 Å². The summed E-state index contributed by atoms with van der Waals surface area (Å²) < 4.78 is 0. The molecule has 3 N–H and O–H groups in total. The Labute approximate surface area is 136 Å². The fourth-order valence-electron chi connectivity index (χ4n) is 2.52. The second-order valence-corrected chi connectivity index (χ2v) is 5.44. The smallest absolute Gasteiger partial charge is 0.251 e. The van der Waals surface area contributed by atoms with Crippen molar-refractivity contribution >= 4 is 18.3 Å². The predicted octanol–water partition coefficient (Wildman–Crippen LogP) is 2.84. The van der Waals surface area contributed by atoms with Gasteiger partial charge in [-0.05, 0) is 36.5 Å². The Morgan fingerprint density at radius 2 is 2.00 bits per heavy atom. The van der Waals surface area contributed by atoms with Crippen molar-refractivity contribution in [1.82, 2.24) is 10.3 Å². The molecule has 1 unspecified atom stereocenters. The van der Waals surface area contributed by atoms with Gasteiger partial charge >= 0.3 is 0 Å². The molecule has 1 aliphatic carbocycles. The first kappa shape index (κ1) is 16.5. The quantitative estimate of drug-likeness (QED) is 0.891. The summed E-state index contributed by atoms with van der Waals surface area (Å²) in [5, 5.41) is 3.16. The average Bonchev–Trinajstić information content (AvgIpc) is 3.38. The van der Waals surface area contributed by atoms with E-state index in [1.165, 1.54) is 18.4 Å². The van der Waals surface area contributed by atoms with Crippen LogP contribution in [0.25, 0.3) is 0 Å². The van der Waals surface area contributed by atoms with E-state index in [9.17, 15) is 4.79 Å². The van der Waals surface area contributed by atoms with Crippen LogP contribution in [0.1, 0.15) is 40.5 Å². The topological polar surface area (TPSA) is 68.0 Å². The summed E-state index contributed by atoms with van der Waals surface area (Å²) in [6, 6.07) is 13.7. The zero-order valence-corrected chi connectivity index (χ0v) is 13.1. The zero-order valence-electron chi connectivity index (χ0n) is 12.2. The van der Waals surface area contributed by atoms with Crippen molar-refractivity contribution in [2.24, 2.45) is 11.7 Å². The van der Waals surface area contributed by atoms with Gasteiger partial charge in [-0.1, -0.05) is 30.3 Å². The molecule has 1 aromatic carbocycles. The maximum atomic E-state index is 12.4. The van der Waals surface area contributed by atoms with Crippen LogP contribution in [0.3, 0.4) is 0 Å². The summed E-state index contributed by atoms with van der Waals surface area (Å²) in [7, 11) is 0. The molecule has 3 rings (SSSR count). The van der Waals surface area contributed by atoms with E-state index < -0.39 is 0 Å². The summed E-state index contributed by atoms with van der Waals surface area (Å²) in [5.74, 6) is 0.486.